The van der Waals surface area contributed by atoms with Crippen LogP contribution < -0.4 is 45.0 Å². The summed E-state index contributed by atoms with van der Waals surface area (Å²) in [5.74, 6) is 11.4. The first-order chi connectivity index (χ1) is 64.3. The Labute approximate surface area is 789 Å². The molecule has 6 aromatic heterocycles. The molecule has 16 aromatic rings. The van der Waals surface area contributed by atoms with Gasteiger partial charge >= 0.3 is 0 Å². The van der Waals surface area contributed by atoms with Crippen LogP contribution in [0.25, 0.3) is 66.3 Å². The lowest BCUT2D eigenvalue weighted by Gasteiger charge is -2.20. The molecule has 0 atom stereocenters. The number of benzene rings is 10. The number of hydrogen-bond donors (Lipinski definition) is 6. The quantitative estimate of drug-likeness (QED) is 0.0169. The number of rotatable bonds is 32. The van der Waals surface area contributed by atoms with Crippen molar-refractivity contribution in [2.24, 2.45) is 22.2 Å². The maximum Gasteiger partial charge on any atom is 0.163 e. The average molecular weight is 1850 g/mol. The Morgan fingerprint density at radius 2 is 0.888 bits per heavy atom. The molecule has 0 aliphatic rings. The van der Waals surface area contributed by atoms with E-state index >= 15 is 0 Å². The number of aliphatic hydroxyl groups is 2. The van der Waals surface area contributed by atoms with Gasteiger partial charge in [-0.05, 0) is 247 Å². The highest BCUT2D eigenvalue weighted by atomic mass is 35.5. The Morgan fingerprint density at radius 1 is 0.425 bits per heavy atom. The zero-order valence-corrected chi connectivity index (χ0v) is 78.8. The monoisotopic (exact) mass is 1850 g/mol. The molecule has 0 unspecified atom stereocenters. The van der Waals surface area contributed by atoms with Crippen molar-refractivity contribution < 1.29 is 55.9 Å². The second-order valence-corrected chi connectivity index (χ2v) is 37.2. The van der Waals surface area contributed by atoms with E-state index in [1.54, 1.807) is 67.6 Å². The standard InChI is InChI=1S/2C30H27ClFN3O2.C25H29N3O3.C23H28FN3O2/c1-30(2,3)16-23-9-12-27(37-23)20-7-10-26-24(14-20)29(34-18-33-26)35-22-8-11-28(25(31)15-22)36-17-19-5-4-6-21(32)13-19;1-19(2)6-9-24-10-13-28(37-24)21-7-11-27-25(15-21)30(34-18-33-27)35-23-8-12-29(26(31)16-23)36-17-20-4-3-5-22(32)14-20;1-5-18-8-6-9-19(14-18)28-24-20-15-22(31-13-10-25(2,3)4)23(30-12-7-11-29)16-21(20)26-17-27-24;1-15-10-17(6-7-19(15)24)27-22-18-12-21(29-9-5-8-23(2,3)4)16(13-28)11-20(18)25-14-26-22/h4-15,18H,16-17H2,1-3H3,(H,33,34,35);3-5,7-8,10-16,18-19H,6,9,17H2,1-2H3,(H,33,34,35);1,6,8-9,14-17,29H,7,10-13H2,2-4H3,(H,26,27,28);6-7,10-12,14,28H,5,8-9,13H2,1-4H3,(H,25,26,27). The molecule has 0 aliphatic heterocycles. The van der Waals surface area contributed by atoms with Crippen molar-refractivity contribution in [3.05, 3.63) is 304 Å². The van der Waals surface area contributed by atoms with Crippen LogP contribution in [0.15, 0.2) is 246 Å². The Morgan fingerprint density at radius 3 is 1.39 bits per heavy atom. The van der Waals surface area contributed by atoms with Crippen molar-refractivity contribution in [2.75, 3.05) is 47.7 Å². The number of nitrogens with one attached hydrogen (secondary N) is 4. The molecule has 692 valence electrons. The predicted octanol–water partition coefficient (Wildman–Crippen LogP) is 27.6. The maximum absolute atomic E-state index is 13.6. The zero-order chi connectivity index (χ0) is 95.1. The van der Waals surface area contributed by atoms with Crippen LogP contribution in [0.1, 0.15) is 148 Å². The van der Waals surface area contributed by atoms with Crippen LogP contribution in [0.3, 0.4) is 0 Å². The molecular formula is C108H111Cl2F3N12O9. The molecule has 0 aliphatic carbocycles. The molecule has 6 N–H and O–H groups in total. The Hall–Kier alpha value is -13.8. The molecular weight excluding hydrogens is 1740 g/mol. The van der Waals surface area contributed by atoms with E-state index in [9.17, 15) is 18.3 Å². The van der Waals surface area contributed by atoms with E-state index < -0.39 is 0 Å². The number of anilines is 8. The molecule has 0 fully saturated rings. The number of halogens is 5. The van der Waals surface area contributed by atoms with E-state index in [0.29, 0.717) is 111 Å². The fraction of sp³-hybridized carbons (Fsp3) is 0.278. The predicted molar refractivity (Wildman–Crippen MR) is 530 cm³/mol. The third-order valence-corrected chi connectivity index (χ3v) is 21.8. The van der Waals surface area contributed by atoms with Crippen molar-refractivity contribution >= 4 is 113 Å². The van der Waals surface area contributed by atoms with Crippen molar-refractivity contribution in [1.29, 1.82) is 0 Å². The average Bonchev–Trinajstić information content (AvgIpc) is 1.20. The Balaban J connectivity index is 0.000000152. The molecule has 0 saturated heterocycles. The van der Waals surface area contributed by atoms with Crippen LogP contribution in [-0.2, 0) is 32.7 Å². The summed E-state index contributed by atoms with van der Waals surface area (Å²) in [7, 11) is 0. The molecule has 0 radical (unpaired) electrons. The second-order valence-electron chi connectivity index (χ2n) is 36.4. The molecule has 21 nitrogen and oxygen atoms in total. The largest absolute Gasteiger partial charge is 0.493 e. The van der Waals surface area contributed by atoms with Crippen molar-refractivity contribution in [3.8, 4) is 63.7 Å². The number of hydrogen-bond acceptors (Lipinski definition) is 21. The van der Waals surface area contributed by atoms with E-state index in [1.807, 2.05) is 121 Å². The topological polar surface area (TPSA) is 264 Å². The minimum atomic E-state index is -0.302. The van der Waals surface area contributed by atoms with Crippen LogP contribution in [0.5, 0.6) is 28.7 Å². The minimum Gasteiger partial charge on any atom is -0.493 e. The van der Waals surface area contributed by atoms with E-state index in [4.69, 9.17) is 67.3 Å². The molecule has 0 saturated carbocycles. The number of aryl methyl sites for hydroxylation is 2. The van der Waals surface area contributed by atoms with Gasteiger partial charge in [-0.3, -0.25) is 0 Å². The summed E-state index contributed by atoms with van der Waals surface area (Å²) >= 11 is 13.0. The van der Waals surface area contributed by atoms with Crippen molar-refractivity contribution in [3.63, 3.8) is 0 Å². The fourth-order valence-electron chi connectivity index (χ4n) is 14.2. The number of furan rings is 2. The normalized spacial score (nSPS) is 11.4. The lowest BCUT2D eigenvalue weighted by Crippen LogP contribution is -2.12. The van der Waals surface area contributed by atoms with Gasteiger partial charge in [0.25, 0.3) is 0 Å². The van der Waals surface area contributed by atoms with Crippen LogP contribution in [-0.4, -0.2) is 76.5 Å². The van der Waals surface area contributed by atoms with Gasteiger partial charge in [0.05, 0.1) is 58.5 Å². The maximum atomic E-state index is 13.6. The molecule has 0 amide bonds. The summed E-state index contributed by atoms with van der Waals surface area (Å²) in [6, 6.07) is 63.3. The highest BCUT2D eigenvalue weighted by Crippen LogP contribution is 2.41. The SMILES string of the molecule is C#Cc1cccc(Nc2ncnc3cc(OCCCO)c(OCCC(C)(C)C)cc23)c1.CC(C)(C)Cc1ccc(-c2ccc3ncnc(Nc4ccc(OCc5cccc(F)c5)c(Cl)c4)c3c2)o1.CC(C)CCc1ccc(-c2ccc3ncnc(Nc4ccc(OCc5cccc(F)c5)c(Cl)c4)c3c2)o1.Cc1cc(Nc2ncnc3cc(CO)c(OCCCC(C)(C)C)cc23)ccc1F. The first-order valence-corrected chi connectivity index (χ1v) is 45.2. The van der Waals surface area contributed by atoms with Gasteiger partial charge < -0.3 is 64.0 Å². The molecule has 0 spiro atoms. The third kappa shape index (κ3) is 28.4. The zero-order valence-electron chi connectivity index (χ0n) is 77.3. The van der Waals surface area contributed by atoms with E-state index in [2.05, 4.69) is 143 Å². The van der Waals surface area contributed by atoms with E-state index in [0.717, 1.165) is 150 Å². The second kappa shape index (κ2) is 45.5. The lowest BCUT2D eigenvalue weighted by atomic mass is 9.91. The molecule has 10 aromatic carbocycles. The number of aromatic nitrogens is 8. The lowest BCUT2D eigenvalue weighted by molar-refractivity contribution is 0.211. The van der Waals surface area contributed by atoms with Gasteiger partial charge in [-0.25, -0.2) is 53.0 Å². The summed E-state index contributed by atoms with van der Waals surface area (Å²) in [5, 5.41) is 36.2. The summed E-state index contributed by atoms with van der Waals surface area (Å²) in [6.45, 7) is 27.8. The number of fused-ring (bicyclic) bond motifs is 4. The molecule has 26 heteroatoms. The van der Waals surface area contributed by atoms with Gasteiger partial charge in [0.2, 0.25) is 0 Å². The minimum absolute atomic E-state index is 0.0702. The van der Waals surface area contributed by atoms with E-state index in [-0.39, 0.29) is 60.1 Å². The number of aliphatic hydroxyl groups excluding tert-OH is 2. The van der Waals surface area contributed by atoms with Gasteiger partial charge in [0.1, 0.15) is 120 Å². The van der Waals surface area contributed by atoms with Crippen molar-refractivity contribution in [2.45, 2.75) is 148 Å². The molecule has 0 bridgehead atoms. The summed E-state index contributed by atoms with van der Waals surface area (Å²) in [6.07, 6.45) is 17.8. The van der Waals surface area contributed by atoms with Gasteiger partial charge in [-0.2, -0.15) is 0 Å². The summed E-state index contributed by atoms with van der Waals surface area (Å²) < 4.78 is 82.1. The molecule has 134 heavy (non-hydrogen) atoms. The van der Waals surface area contributed by atoms with Crippen LogP contribution in [0.4, 0.5) is 59.2 Å². The van der Waals surface area contributed by atoms with Crippen LogP contribution in [0.2, 0.25) is 10.0 Å². The molecule has 16 rings (SSSR count). The fourth-order valence-corrected chi connectivity index (χ4v) is 14.6. The van der Waals surface area contributed by atoms with E-state index in [1.165, 1.54) is 55.6 Å². The Kier molecular flexibility index (Phi) is 33.2. The Bertz CT molecular complexity index is 6750. The number of ether oxygens (including phenoxy) is 5. The highest BCUT2D eigenvalue weighted by Gasteiger charge is 2.22. The van der Waals surface area contributed by atoms with Crippen LogP contribution >= 0.6 is 23.2 Å². The van der Waals surface area contributed by atoms with Gasteiger partial charge in [0, 0.05) is 98.5 Å². The smallest absolute Gasteiger partial charge is 0.163 e. The van der Waals surface area contributed by atoms with Gasteiger partial charge in [-0.1, -0.05) is 136 Å². The van der Waals surface area contributed by atoms with Gasteiger partial charge in [0.15, 0.2) is 11.5 Å². The van der Waals surface area contributed by atoms with Crippen molar-refractivity contribution in [1.82, 2.24) is 39.9 Å². The van der Waals surface area contributed by atoms with Gasteiger partial charge in [-0.15, -0.1) is 6.42 Å². The highest BCUT2D eigenvalue weighted by molar-refractivity contribution is 6.32. The molecule has 6 heterocycles. The number of nitrogens with zero attached hydrogens (tertiary/aromatic N) is 8. The van der Waals surface area contributed by atoms with Crippen LogP contribution in [0, 0.1) is 58.9 Å². The number of terminal acetylenes is 1. The summed E-state index contributed by atoms with van der Waals surface area (Å²) in [5.41, 5.74) is 12.1. The first kappa shape index (κ1) is 97.7. The summed E-state index contributed by atoms with van der Waals surface area (Å²) in [4.78, 5) is 35.2. The first-order valence-electron chi connectivity index (χ1n) is 44.4. The third-order valence-electron chi connectivity index (χ3n) is 21.2.